The van der Waals surface area contributed by atoms with Gasteiger partial charge in [0.1, 0.15) is 0 Å². The summed E-state index contributed by atoms with van der Waals surface area (Å²) in [5.74, 6) is 0.0292. The Balaban J connectivity index is 2.87. The minimum absolute atomic E-state index is 0.0265. The number of aromatic nitrogens is 2. The molecule has 0 saturated heterocycles. The summed E-state index contributed by atoms with van der Waals surface area (Å²) in [6, 6.07) is 0. The van der Waals surface area contributed by atoms with Crippen LogP contribution in [0.15, 0.2) is 11.4 Å². The second-order valence-electron chi connectivity index (χ2n) is 3.30. The lowest BCUT2D eigenvalue weighted by molar-refractivity contribution is 0.569. The van der Waals surface area contributed by atoms with Crippen molar-refractivity contribution in [2.24, 2.45) is 7.05 Å². The molecule has 3 N–H and O–H groups in total. The van der Waals surface area contributed by atoms with E-state index in [0.717, 1.165) is 12.8 Å². The second-order valence-corrected chi connectivity index (χ2v) is 4.98. The van der Waals surface area contributed by atoms with E-state index in [1.165, 1.54) is 10.9 Å². The van der Waals surface area contributed by atoms with Crippen LogP contribution in [0.4, 0.5) is 5.82 Å². The number of nitrogens with one attached hydrogen (secondary N) is 1. The van der Waals surface area contributed by atoms with Crippen LogP contribution in [0, 0.1) is 0 Å². The summed E-state index contributed by atoms with van der Waals surface area (Å²) in [4.78, 5) is 3.73. The molecular formula is C8H16N4O2S. The van der Waals surface area contributed by atoms with Crippen molar-refractivity contribution in [2.75, 3.05) is 12.3 Å². The first kappa shape index (κ1) is 12.0. The van der Waals surface area contributed by atoms with Gasteiger partial charge in [-0.05, 0) is 6.42 Å². The summed E-state index contributed by atoms with van der Waals surface area (Å²) in [6.07, 6.45) is 3.12. The normalized spacial score (nSPS) is 11.9. The molecule has 6 nitrogen and oxygen atoms in total. The number of imidazole rings is 1. The van der Waals surface area contributed by atoms with E-state index in [9.17, 15) is 8.42 Å². The first-order valence-corrected chi connectivity index (χ1v) is 6.23. The summed E-state index contributed by atoms with van der Waals surface area (Å²) in [5, 5.41) is 0.0265. The Morgan fingerprint density at radius 1 is 1.60 bits per heavy atom. The molecule has 0 amide bonds. The van der Waals surface area contributed by atoms with Crippen LogP contribution in [-0.4, -0.2) is 24.5 Å². The van der Waals surface area contributed by atoms with Gasteiger partial charge in [-0.3, -0.25) is 0 Å². The van der Waals surface area contributed by atoms with Crippen molar-refractivity contribution in [3.63, 3.8) is 0 Å². The molecule has 1 rings (SSSR count). The highest BCUT2D eigenvalue weighted by molar-refractivity contribution is 7.89. The van der Waals surface area contributed by atoms with Crippen LogP contribution in [0.5, 0.6) is 0 Å². The van der Waals surface area contributed by atoms with Crippen molar-refractivity contribution in [1.82, 2.24) is 14.3 Å². The summed E-state index contributed by atoms with van der Waals surface area (Å²) < 4.78 is 27.4. The molecule has 15 heavy (non-hydrogen) atoms. The lowest BCUT2D eigenvalue weighted by Crippen LogP contribution is -2.27. The van der Waals surface area contributed by atoms with Gasteiger partial charge in [0.15, 0.2) is 10.8 Å². The lowest BCUT2D eigenvalue weighted by Gasteiger charge is -2.06. The van der Waals surface area contributed by atoms with Crippen LogP contribution in [0.3, 0.4) is 0 Å². The van der Waals surface area contributed by atoms with Crippen LogP contribution in [-0.2, 0) is 17.1 Å². The van der Waals surface area contributed by atoms with Crippen molar-refractivity contribution < 1.29 is 8.42 Å². The summed E-state index contributed by atoms with van der Waals surface area (Å²) >= 11 is 0. The Bertz CT molecular complexity index is 404. The van der Waals surface area contributed by atoms with Crippen LogP contribution in [0.2, 0.25) is 0 Å². The largest absolute Gasteiger partial charge is 0.381 e. The molecule has 0 bridgehead atoms. The van der Waals surface area contributed by atoms with Crippen molar-refractivity contribution in [1.29, 1.82) is 0 Å². The van der Waals surface area contributed by atoms with E-state index in [1.54, 1.807) is 7.05 Å². The Hall–Kier alpha value is -1.08. The second kappa shape index (κ2) is 4.63. The van der Waals surface area contributed by atoms with Crippen molar-refractivity contribution in [3.8, 4) is 0 Å². The highest BCUT2D eigenvalue weighted by Crippen LogP contribution is 2.14. The van der Waals surface area contributed by atoms with E-state index in [4.69, 9.17) is 5.73 Å². The van der Waals surface area contributed by atoms with Gasteiger partial charge in [0.2, 0.25) is 0 Å². The number of nitrogens with two attached hydrogens (primary N) is 1. The molecular weight excluding hydrogens is 216 g/mol. The Morgan fingerprint density at radius 3 is 2.73 bits per heavy atom. The number of hydrogen-bond donors (Lipinski definition) is 2. The molecule has 0 aliphatic carbocycles. The maximum absolute atomic E-state index is 11.8. The molecule has 0 radical (unpaired) electrons. The van der Waals surface area contributed by atoms with Gasteiger partial charge in [0.25, 0.3) is 10.0 Å². The fourth-order valence-electron chi connectivity index (χ4n) is 1.22. The van der Waals surface area contributed by atoms with E-state index >= 15 is 0 Å². The molecule has 0 aromatic carbocycles. The van der Waals surface area contributed by atoms with Crippen molar-refractivity contribution in [3.05, 3.63) is 6.33 Å². The van der Waals surface area contributed by atoms with E-state index in [2.05, 4.69) is 9.71 Å². The molecule has 1 heterocycles. The van der Waals surface area contributed by atoms with Gasteiger partial charge >= 0.3 is 0 Å². The van der Waals surface area contributed by atoms with Crippen molar-refractivity contribution in [2.45, 2.75) is 24.8 Å². The highest BCUT2D eigenvalue weighted by Gasteiger charge is 2.21. The summed E-state index contributed by atoms with van der Waals surface area (Å²) in [7, 11) is -1.93. The van der Waals surface area contributed by atoms with Crippen molar-refractivity contribution >= 4 is 15.8 Å². The molecule has 1 aromatic rings. The van der Waals surface area contributed by atoms with Crippen LogP contribution < -0.4 is 10.5 Å². The molecule has 0 saturated carbocycles. The lowest BCUT2D eigenvalue weighted by atomic mass is 10.3. The number of aryl methyl sites for hydroxylation is 1. The zero-order chi connectivity index (χ0) is 11.5. The maximum atomic E-state index is 11.8. The molecule has 7 heteroatoms. The van der Waals surface area contributed by atoms with Gasteiger partial charge in [0, 0.05) is 13.6 Å². The first-order chi connectivity index (χ1) is 6.99. The van der Waals surface area contributed by atoms with Gasteiger partial charge < -0.3 is 10.3 Å². The third-order valence-corrected chi connectivity index (χ3v) is 3.58. The summed E-state index contributed by atoms with van der Waals surface area (Å²) in [5.41, 5.74) is 5.48. The maximum Gasteiger partial charge on any atom is 0.260 e. The predicted molar refractivity (Wildman–Crippen MR) is 57.7 cm³/mol. The van der Waals surface area contributed by atoms with Crippen LogP contribution in [0.1, 0.15) is 19.8 Å². The first-order valence-electron chi connectivity index (χ1n) is 4.75. The van der Waals surface area contributed by atoms with E-state index in [-0.39, 0.29) is 10.8 Å². The molecule has 1 aromatic heterocycles. The number of sulfonamides is 1. The number of rotatable bonds is 5. The van der Waals surface area contributed by atoms with Gasteiger partial charge in [-0.1, -0.05) is 13.3 Å². The molecule has 0 aliphatic heterocycles. The molecule has 0 aliphatic rings. The SMILES string of the molecule is CCCCNS(=O)(=O)c1c(N)ncn1C. The Morgan fingerprint density at radius 2 is 2.27 bits per heavy atom. The molecule has 0 atom stereocenters. The monoisotopic (exact) mass is 232 g/mol. The van der Waals surface area contributed by atoms with Crippen LogP contribution >= 0.6 is 0 Å². The van der Waals surface area contributed by atoms with Gasteiger partial charge in [-0.15, -0.1) is 0 Å². The average molecular weight is 232 g/mol. The molecule has 86 valence electrons. The number of hydrogen-bond acceptors (Lipinski definition) is 4. The predicted octanol–water partition coefficient (Wildman–Crippen LogP) is 0.0807. The standard InChI is InChI=1S/C8H16N4O2S/c1-3-4-5-11-15(13,14)8-7(9)10-6-12(8)2/h6,11H,3-5,9H2,1-2H3. The fraction of sp³-hybridized carbons (Fsp3) is 0.625. The smallest absolute Gasteiger partial charge is 0.260 e. The third kappa shape index (κ3) is 2.69. The number of unbranched alkanes of at least 4 members (excludes halogenated alkanes) is 1. The van der Waals surface area contributed by atoms with Gasteiger partial charge in [0.05, 0.1) is 6.33 Å². The molecule has 0 spiro atoms. The minimum atomic E-state index is -3.53. The quantitative estimate of drug-likeness (QED) is 0.703. The third-order valence-electron chi connectivity index (χ3n) is 1.99. The average Bonchev–Trinajstić information content (AvgIpc) is 2.46. The highest BCUT2D eigenvalue weighted by atomic mass is 32.2. The Labute approximate surface area is 89.5 Å². The number of nitrogen functional groups attached to an aromatic ring is 1. The minimum Gasteiger partial charge on any atom is -0.381 e. The van der Waals surface area contributed by atoms with E-state index in [0.29, 0.717) is 6.54 Å². The number of anilines is 1. The fourth-order valence-corrected chi connectivity index (χ4v) is 2.52. The van der Waals surface area contributed by atoms with Gasteiger partial charge in [-0.25, -0.2) is 18.1 Å². The zero-order valence-corrected chi connectivity index (χ0v) is 9.71. The zero-order valence-electron chi connectivity index (χ0n) is 8.90. The van der Waals surface area contributed by atoms with Crippen LogP contribution in [0.25, 0.3) is 0 Å². The molecule has 0 fully saturated rings. The number of nitrogens with zero attached hydrogens (tertiary/aromatic N) is 2. The van der Waals surface area contributed by atoms with E-state index in [1.807, 2.05) is 6.92 Å². The van der Waals surface area contributed by atoms with Gasteiger partial charge in [-0.2, -0.15) is 0 Å². The Kier molecular flexibility index (Phi) is 3.70. The topological polar surface area (TPSA) is 90.0 Å². The summed E-state index contributed by atoms with van der Waals surface area (Å²) in [6.45, 7) is 2.41. The van der Waals surface area contributed by atoms with E-state index < -0.39 is 10.0 Å². The molecule has 0 unspecified atom stereocenters.